The van der Waals surface area contributed by atoms with Crippen molar-refractivity contribution in [3.05, 3.63) is 29.3 Å². The number of benzene rings is 1. The molecule has 0 radical (unpaired) electrons. The van der Waals surface area contributed by atoms with Crippen LogP contribution in [0.25, 0.3) is 10.2 Å². The summed E-state index contributed by atoms with van der Waals surface area (Å²) in [6.07, 6.45) is 3.31. The van der Waals surface area contributed by atoms with Crippen LogP contribution in [0.1, 0.15) is 30.3 Å². The lowest BCUT2D eigenvalue weighted by atomic mass is 9.93. The Balaban J connectivity index is 1.72. The molecule has 1 saturated heterocycles. The lowest BCUT2D eigenvalue weighted by Gasteiger charge is -2.23. The molecular weight excluding hydrogens is 244 g/mol. The van der Waals surface area contributed by atoms with E-state index in [0.29, 0.717) is 5.92 Å². The molecule has 3 rings (SSSR count). The van der Waals surface area contributed by atoms with Gasteiger partial charge in [0.2, 0.25) is 0 Å². The molecule has 1 aliphatic heterocycles. The minimum absolute atomic E-state index is 0.0745. The van der Waals surface area contributed by atoms with Crippen molar-refractivity contribution in [1.82, 2.24) is 4.98 Å². The van der Waals surface area contributed by atoms with Gasteiger partial charge in [-0.05, 0) is 37.3 Å². The minimum atomic E-state index is 0.0745. The fourth-order valence-electron chi connectivity index (χ4n) is 2.49. The van der Waals surface area contributed by atoms with Crippen LogP contribution in [-0.4, -0.2) is 18.2 Å². The summed E-state index contributed by atoms with van der Waals surface area (Å²) in [5, 5.41) is 1.07. The first kappa shape index (κ1) is 12.1. The fourth-order valence-corrected chi connectivity index (χ4v) is 3.47. The third-order valence-electron chi connectivity index (χ3n) is 3.56. The average molecular weight is 262 g/mol. The molecule has 0 saturated carbocycles. The highest BCUT2D eigenvalue weighted by atomic mass is 32.1. The van der Waals surface area contributed by atoms with E-state index in [-0.39, 0.29) is 6.04 Å². The molecule has 0 spiro atoms. The molecule has 1 atom stereocenters. The van der Waals surface area contributed by atoms with Crippen molar-refractivity contribution >= 4 is 21.6 Å². The molecule has 1 fully saturated rings. The normalized spacial score (nSPS) is 19.2. The predicted octanol–water partition coefficient (Wildman–Crippen LogP) is 3.11. The lowest BCUT2D eigenvalue weighted by Crippen LogP contribution is -2.21. The summed E-state index contributed by atoms with van der Waals surface area (Å²) in [5.74, 6) is 0.695. The van der Waals surface area contributed by atoms with Gasteiger partial charge in [-0.2, -0.15) is 0 Å². The SMILES string of the molecule is NC(CC1CCOCC1)c1nc2ccccc2s1. The molecule has 3 nitrogen and oxygen atoms in total. The van der Waals surface area contributed by atoms with Crippen LogP contribution in [0, 0.1) is 5.92 Å². The highest BCUT2D eigenvalue weighted by molar-refractivity contribution is 7.18. The summed E-state index contributed by atoms with van der Waals surface area (Å²) in [6, 6.07) is 8.31. The number of fused-ring (bicyclic) bond motifs is 1. The zero-order chi connectivity index (χ0) is 12.4. The van der Waals surface area contributed by atoms with E-state index in [1.165, 1.54) is 4.70 Å². The molecular formula is C14H18N2OS. The van der Waals surface area contributed by atoms with E-state index in [1.54, 1.807) is 11.3 Å². The average Bonchev–Trinajstić information content (AvgIpc) is 2.84. The summed E-state index contributed by atoms with van der Waals surface area (Å²) in [7, 11) is 0. The Bertz CT molecular complexity index is 486. The van der Waals surface area contributed by atoms with E-state index < -0.39 is 0 Å². The van der Waals surface area contributed by atoms with Gasteiger partial charge in [-0.15, -0.1) is 11.3 Å². The number of hydrogen-bond donors (Lipinski definition) is 1. The third-order valence-corrected chi connectivity index (χ3v) is 4.72. The zero-order valence-corrected chi connectivity index (χ0v) is 11.2. The van der Waals surface area contributed by atoms with Gasteiger partial charge in [0, 0.05) is 13.2 Å². The fraction of sp³-hybridized carbons (Fsp3) is 0.500. The topological polar surface area (TPSA) is 48.1 Å². The molecule has 96 valence electrons. The van der Waals surface area contributed by atoms with E-state index in [1.807, 2.05) is 12.1 Å². The summed E-state index contributed by atoms with van der Waals surface area (Å²) in [4.78, 5) is 4.64. The van der Waals surface area contributed by atoms with Crippen molar-refractivity contribution in [2.75, 3.05) is 13.2 Å². The first-order valence-electron chi connectivity index (χ1n) is 6.52. The number of nitrogens with zero attached hydrogens (tertiary/aromatic N) is 1. The molecule has 4 heteroatoms. The van der Waals surface area contributed by atoms with Gasteiger partial charge in [0.15, 0.2) is 0 Å². The molecule has 2 N–H and O–H groups in total. The number of rotatable bonds is 3. The standard InChI is InChI=1S/C14H18N2OS/c15-11(9-10-5-7-17-8-6-10)14-16-12-3-1-2-4-13(12)18-14/h1-4,10-11H,5-9,15H2. The second-order valence-corrected chi connectivity index (χ2v) is 5.98. The molecule has 1 aromatic heterocycles. The molecule has 1 unspecified atom stereocenters. The monoisotopic (exact) mass is 262 g/mol. The number of hydrogen-bond acceptors (Lipinski definition) is 4. The lowest BCUT2D eigenvalue weighted by molar-refractivity contribution is 0.0618. The number of aromatic nitrogens is 1. The smallest absolute Gasteiger partial charge is 0.111 e. The van der Waals surface area contributed by atoms with Crippen LogP contribution in [0.3, 0.4) is 0 Å². The van der Waals surface area contributed by atoms with Crippen molar-refractivity contribution in [1.29, 1.82) is 0 Å². The van der Waals surface area contributed by atoms with Crippen molar-refractivity contribution < 1.29 is 4.74 Å². The Morgan fingerprint density at radius 2 is 2.11 bits per heavy atom. The van der Waals surface area contributed by atoms with Crippen LogP contribution >= 0.6 is 11.3 Å². The highest BCUT2D eigenvalue weighted by Gasteiger charge is 2.20. The number of thiazole rings is 1. The molecule has 18 heavy (non-hydrogen) atoms. The third kappa shape index (κ3) is 2.55. The van der Waals surface area contributed by atoms with Crippen LogP contribution in [0.15, 0.2) is 24.3 Å². The molecule has 1 aliphatic rings. The van der Waals surface area contributed by atoms with Gasteiger partial charge in [-0.25, -0.2) is 4.98 Å². The molecule has 2 heterocycles. The Morgan fingerprint density at radius 3 is 2.89 bits per heavy atom. The van der Waals surface area contributed by atoms with Crippen molar-refractivity contribution in [2.45, 2.75) is 25.3 Å². The Morgan fingerprint density at radius 1 is 1.33 bits per heavy atom. The van der Waals surface area contributed by atoms with Crippen molar-refractivity contribution in [3.63, 3.8) is 0 Å². The van der Waals surface area contributed by atoms with E-state index in [9.17, 15) is 0 Å². The zero-order valence-electron chi connectivity index (χ0n) is 10.3. The minimum Gasteiger partial charge on any atom is -0.381 e. The van der Waals surface area contributed by atoms with Gasteiger partial charge < -0.3 is 10.5 Å². The summed E-state index contributed by atoms with van der Waals surface area (Å²) >= 11 is 1.73. The first-order valence-corrected chi connectivity index (χ1v) is 7.33. The van der Waals surface area contributed by atoms with Crippen LogP contribution in [0.5, 0.6) is 0 Å². The van der Waals surface area contributed by atoms with Gasteiger partial charge in [-0.1, -0.05) is 12.1 Å². The van der Waals surface area contributed by atoms with Gasteiger partial charge >= 0.3 is 0 Å². The first-order chi connectivity index (χ1) is 8.83. The second kappa shape index (κ2) is 5.34. The molecule has 1 aromatic carbocycles. The maximum atomic E-state index is 6.30. The maximum absolute atomic E-state index is 6.30. The molecule has 0 amide bonds. The van der Waals surface area contributed by atoms with Crippen LogP contribution < -0.4 is 5.73 Å². The summed E-state index contributed by atoms with van der Waals surface area (Å²) < 4.78 is 6.61. The van der Waals surface area contributed by atoms with Crippen molar-refractivity contribution in [2.24, 2.45) is 11.7 Å². The Hall–Kier alpha value is -0.970. The number of ether oxygens (including phenoxy) is 1. The predicted molar refractivity (Wildman–Crippen MR) is 74.7 cm³/mol. The second-order valence-electron chi connectivity index (χ2n) is 4.92. The van der Waals surface area contributed by atoms with Crippen molar-refractivity contribution in [3.8, 4) is 0 Å². The van der Waals surface area contributed by atoms with E-state index in [2.05, 4.69) is 17.1 Å². The van der Waals surface area contributed by atoms with Crippen LogP contribution in [-0.2, 0) is 4.74 Å². The van der Waals surface area contributed by atoms with Gasteiger partial charge in [0.1, 0.15) is 5.01 Å². The summed E-state index contributed by atoms with van der Waals surface area (Å²) in [5.41, 5.74) is 7.37. The maximum Gasteiger partial charge on any atom is 0.111 e. The quantitative estimate of drug-likeness (QED) is 0.924. The van der Waals surface area contributed by atoms with E-state index >= 15 is 0 Å². The van der Waals surface area contributed by atoms with Gasteiger partial charge in [0.05, 0.1) is 16.3 Å². The Labute approximate surface area is 111 Å². The summed E-state index contributed by atoms with van der Waals surface area (Å²) in [6.45, 7) is 1.77. The van der Waals surface area contributed by atoms with E-state index in [0.717, 1.165) is 43.0 Å². The highest BCUT2D eigenvalue weighted by Crippen LogP contribution is 2.30. The number of nitrogens with two attached hydrogens (primary N) is 1. The number of para-hydroxylation sites is 1. The van der Waals surface area contributed by atoms with Crippen LogP contribution in [0.4, 0.5) is 0 Å². The molecule has 2 aromatic rings. The van der Waals surface area contributed by atoms with Gasteiger partial charge in [-0.3, -0.25) is 0 Å². The largest absolute Gasteiger partial charge is 0.381 e. The van der Waals surface area contributed by atoms with Crippen LogP contribution in [0.2, 0.25) is 0 Å². The molecule has 0 bridgehead atoms. The Kier molecular flexibility index (Phi) is 3.59. The molecule has 0 aliphatic carbocycles. The van der Waals surface area contributed by atoms with E-state index in [4.69, 9.17) is 10.5 Å². The van der Waals surface area contributed by atoms with Gasteiger partial charge in [0.25, 0.3) is 0 Å².